The number of rotatable bonds is 7. The minimum Gasteiger partial charge on any atom is -0.493 e. The normalized spacial score (nSPS) is 11.0. The smallest absolute Gasteiger partial charge is 0.203 e. The number of oxime groups is 1. The topological polar surface area (TPSA) is 69.5 Å². The summed E-state index contributed by atoms with van der Waals surface area (Å²) in [5.41, 5.74) is 1.20. The van der Waals surface area contributed by atoms with Crippen LogP contribution in [-0.4, -0.2) is 38.9 Å². The van der Waals surface area contributed by atoms with Crippen LogP contribution in [0.3, 0.4) is 0 Å². The summed E-state index contributed by atoms with van der Waals surface area (Å²) in [6.45, 7) is 0.0964. The van der Waals surface area contributed by atoms with Crippen LogP contribution in [0.15, 0.2) is 47.6 Å². The maximum atomic E-state index is 9.18. The fraction of sp³-hybridized carbons (Fsp3) is 0.235. The molecule has 6 heteroatoms. The molecule has 0 saturated carbocycles. The standard InChI is InChI=1S/C17H19NO5/c1-20-15-9-13(10-16(21-2)17(15)22-3)23-11-14(18-19)12-7-5-4-6-8-12/h4-10,19H,11H2,1-3H3/b18-14-. The lowest BCUT2D eigenvalue weighted by molar-refractivity contribution is 0.303. The van der Waals surface area contributed by atoms with Crippen molar-refractivity contribution < 1.29 is 24.2 Å². The van der Waals surface area contributed by atoms with E-state index in [0.29, 0.717) is 28.7 Å². The highest BCUT2D eigenvalue weighted by atomic mass is 16.5. The molecule has 0 aromatic heterocycles. The molecule has 0 bridgehead atoms. The average Bonchev–Trinajstić information content (AvgIpc) is 2.62. The number of hydrogen-bond donors (Lipinski definition) is 1. The Hall–Kier alpha value is -2.89. The summed E-state index contributed by atoms with van der Waals surface area (Å²) < 4.78 is 21.5. The van der Waals surface area contributed by atoms with E-state index in [9.17, 15) is 5.21 Å². The summed E-state index contributed by atoms with van der Waals surface area (Å²) in [7, 11) is 4.60. The second-order valence-electron chi connectivity index (χ2n) is 4.56. The van der Waals surface area contributed by atoms with Crippen molar-refractivity contribution in [3.8, 4) is 23.0 Å². The second kappa shape index (κ2) is 7.93. The van der Waals surface area contributed by atoms with Gasteiger partial charge in [-0.2, -0.15) is 0 Å². The SMILES string of the molecule is COc1cc(OC/C(=N/O)c2ccccc2)cc(OC)c1OC. The minimum atomic E-state index is 0.0964. The largest absolute Gasteiger partial charge is 0.493 e. The zero-order valence-corrected chi connectivity index (χ0v) is 13.3. The molecule has 122 valence electrons. The number of methoxy groups -OCH3 is 3. The predicted molar refractivity (Wildman–Crippen MR) is 86.4 cm³/mol. The molecule has 0 aliphatic heterocycles. The lowest BCUT2D eigenvalue weighted by atomic mass is 10.1. The lowest BCUT2D eigenvalue weighted by Crippen LogP contribution is -2.13. The first kappa shape index (κ1) is 16.5. The Morgan fingerprint density at radius 1 is 0.957 bits per heavy atom. The molecule has 0 fully saturated rings. The van der Waals surface area contributed by atoms with Gasteiger partial charge in [-0.05, 0) is 0 Å². The van der Waals surface area contributed by atoms with E-state index in [1.54, 1.807) is 12.1 Å². The van der Waals surface area contributed by atoms with Crippen molar-refractivity contribution in [1.29, 1.82) is 0 Å². The van der Waals surface area contributed by atoms with Crippen molar-refractivity contribution in [2.45, 2.75) is 0 Å². The van der Waals surface area contributed by atoms with Gasteiger partial charge in [-0.25, -0.2) is 0 Å². The molecule has 23 heavy (non-hydrogen) atoms. The summed E-state index contributed by atoms with van der Waals surface area (Å²) in [6.07, 6.45) is 0. The van der Waals surface area contributed by atoms with Crippen LogP contribution in [0.1, 0.15) is 5.56 Å². The molecule has 0 radical (unpaired) electrons. The maximum absolute atomic E-state index is 9.18. The molecule has 0 heterocycles. The third-order valence-corrected chi connectivity index (χ3v) is 3.24. The van der Waals surface area contributed by atoms with Gasteiger partial charge in [0.05, 0.1) is 21.3 Å². The van der Waals surface area contributed by atoms with Gasteiger partial charge in [-0.3, -0.25) is 0 Å². The van der Waals surface area contributed by atoms with E-state index in [4.69, 9.17) is 18.9 Å². The second-order valence-corrected chi connectivity index (χ2v) is 4.56. The summed E-state index contributed by atoms with van der Waals surface area (Å²) in [4.78, 5) is 0. The molecule has 0 unspecified atom stereocenters. The van der Waals surface area contributed by atoms with E-state index in [1.807, 2.05) is 30.3 Å². The molecule has 0 amide bonds. The van der Waals surface area contributed by atoms with Crippen LogP contribution in [0.25, 0.3) is 0 Å². The van der Waals surface area contributed by atoms with E-state index in [-0.39, 0.29) is 6.61 Å². The van der Waals surface area contributed by atoms with Crippen LogP contribution in [-0.2, 0) is 0 Å². The minimum absolute atomic E-state index is 0.0964. The Bertz CT molecular complexity index is 645. The summed E-state index contributed by atoms with van der Waals surface area (Å²) in [5, 5.41) is 12.5. The number of benzene rings is 2. The maximum Gasteiger partial charge on any atom is 0.203 e. The van der Waals surface area contributed by atoms with Crippen molar-refractivity contribution >= 4 is 5.71 Å². The number of hydrogen-bond acceptors (Lipinski definition) is 6. The van der Waals surface area contributed by atoms with Crippen molar-refractivity contribution in [1.82, 2.24) is 0 Å². The van der Waals surface area contributed by atoms with E-state index in [2.05, 4.69) is 5.16 Å². The Morgan fingerprint density at radius 3 is 2.04 bits per heavy atom. The van der Waals surface area contributed by atoms with Gasteiger partial charge < -0.3 is 24.2 Å². The quantitative estimate of drug-likeness (QED) is 0.483. The highest BCUT2D eigenvalue weighted by molar-refractivity contribution is 6.01. The van der Waals surface area contributed by atoms with E-state index in [1.165, 1.54) is 21.3 Å². The Labute approximate surface area is 134 Å². The summed E-state index contributed by atoms with van der Waals surface area (Å²) in [6, 6.07) is 12.7. The zero-order valence-electron chi connectivity index (χ0n) is 13.3. The molecule has 2 aromatic rings. The van der Waals surface area contributed by atoms with E-state index in [0.717, 1.165) is 5.56 Å². The molecule has 2 rings (SSSR count). The van der Waals surface area contributed by atoms with Crippen LogP contribution >= 0.6 is 0 Å². The van der Waals surface area contributed by atoms with Crippen molar-refractivity contribution in [3.05, 3.63) is 48.0 Å². The Morgan fingerprint density at radius 2 is 1.57 bits per heavy atom. The highest BCUT2D eigenvalue weighted by Gasteiger charge is 2.14. The first-order valence-corrected chi connectivity index (χ1v) is 6.92. The van der Waals surface area contributed by atoms with E-state index < -0.39 is 0 Å². The monoisotopic (exact) mass is 317 g/mol. The van der Waals surface area contributed by atoms with Crippen molar-refractivity contribution in [2.75, 3.05) is 27.9 Å². The van der Waals surface area contributed by atoms with Gasteiger partial charge in [-0.1, -0.05) is 35.5 Å². The first-order chi connectivity index (χ1) is 11.2. The van der Waals surface area contributed by atoms with Gasteiger partial charge >= 0.3 is 0 Å². The lowest BCUT2D eigenvalue weighted by Gasteiger charge is -2.15. The molecule has 0 aliphatic rings. The van der Waals surface area contributed by atoms with Gasteiger partial charge in [0.2, 0.25) is 5.75 Å². The van der Waals surface area contributed by atoms with Crippen molar-refractivity contribution in [3.63, 3.8) is 0 Å². The third-order valence-electron chi connectivity index (χ3n) is 3.24. The molecule has 1 N–H and O–H groups in total. The Kier molecular flexibility index (Phi) is 5.68. The van der Waals surface area contributed by atoms with E-state index >= 15 is 0 Å². The third kappa shape index (κ3) is 3.85. The summed E-state index contributed by atoms with van der Waals surface area (Å²) in [5.74, 6) is 1.98. The fourth-order valence-corrected chi connectivity index (χ4v) is 2.09. The summed E-state index contributed by atoms with van der Waals surface area (Å²) >= 11 is 0. The molecular formula is C17H19NO5. The average molecular weight is 317 g/mol. The molecule has 0 atom stereocenters. The number of ether oxygens (including phenoxy) is 4. The molecule has 0 spiro atoms. The number of nitrogens with zero attached hydrogens (tertiary/aromatic N) is 1. The molecule has 0 aliphatic carbocycles. The van der Waals surface area contributed by atoms with Gasteiger partial charge in [0, 0.05) is 17.7 Å². The highest BCUT2D eigenvalue weighted by Crippen LogP contribution is 2.40. The van der Waals surface area contributed by atoms with Crippen LogP contribution in [0.2, 0.25) is 0 Å². The van der Waals surface area contributed by atoms with Crippen LogP contribution < -0.4 is 18.9 Å². The molecule has 0 saturated heterocycles. The van der Waals surface area contributed by atoms with Crippen LogP contribution in [0.5, 0.6) is 23.0 Å². The van der Waals surface area contributed by atoms with Gasteiger partial charge in [0.15, 0.2) is 11.5 Å². The molecular weight excluding hydrogens is 298 g/mol. The van der Waals surface area contributed by atoms with Crippen LogP contribution in [0, 0.1) is 0 Å². The fourth-order valence-electron chi connectivity index (χ4n) is 2.09. The van der Waals surface area contributed by atoms with Crippen molar-refractivity contribution in [2.24, 2.45) is 5.16 Å². The Balaban J connectivity index is 2.20. The molecule has 6 nitrogen and oxygen atoms in total. The van der Waals surface area contributed by atoms with Crippen LogP contribution in [0.4, 0.5) is 0 Å². The zero-order chi connectivity index (χ0) is 16.7. The van der Waals surface area contributed by atoms with Gasteiger partial charge in [-0.15, -0.1) is 0 Å². The first-order valence-electron chi connectivity index (χ1n) is 6.92. The van der Waals surface area contributed by atoms with Gasteiger partial charge in [0.1, 0.15) is 18.1 Å². The molecule has 2 aromatic carbocycles. The van der Waals surface area contributed by atoms with Gasteiger partial charge in [0.25, 0.3) is 0 Å². The predicted octanol–water partition coefficient (Wildman–Crippen LogP) is 2.97.